The van der Waals surface area contributed by atoms with Crippen LogP contribution < -0.4 is 0 Å². The summed E-state index contributed by atoms with van der Waals surface area (Å²) in [5.41, 5.74) is 0. The molecular formula is C10H8S2. The van der Waals surface area contributed by atoms with Crippen molar-refractivity contribution in [2.75, 3.05) is 0 Å². The van der Waals surface area contributed by atoms with Crippen molar-refractivity contribution < 1.29 is 0 Å². The van der Waals surface area contributed by atoms with Crippen LogP contribution in [-0.4, -0.2) is 0 Å². The molecule has 0 saturated heterocycles. The van der Waals surface area contributed by atoms with E-state index in [0.29, 0.717) is 0 Å². The van der Waals surface area contributed by atoms with E-state index in [9.17, 15) is 0 Å². The zero-order valence-corrected chi connectivity index (χ0v) is 8.15. The summed E-state index contributed by atoms with van der Waals surface area (Å²) in [4.78, 5) is 1.98. The third-order valence-electron chi connectivity index (χ3n) is 1.84. The number of hydrogen-bond acceptors (Lipinski definition) is 2. The second kappa shape index (κ2) is 3.04. The van der Waals surface area contributed by atoms with Crippen LogP contribution in [0, 0.1) is 0 Å². The molecular weight excluding hydrogens is 184 g/mol. The van der Waals surface area contributed by atoms with E-state index in [2.05, 4.69) is 37.4 Å². The van der Waals surface area contributed by atoms with E-state index in [1.54, 1.807) is 0 Å². The summed E-state index contributed by atoms with van der Waals surface area (Å²) in [5, 5.41) is 2.37. The average molecular weight is 192 g/mol. The number of hydrogen-bond donors (Lipinski definition) is 2. The maximum absolute atomic E-state index is 4.36. The zero-order chi connectivity index (χ0) is 8.55. The smallest absolute Gasteiger partial charge is 0.0119 e. The molecule has 0 fully saturated rings. The third-order valence-corrected chi connectivity index (χ3v) is 2.51. The largest absolute Gasteiger partial charge is 0.143 e. The van der Waals surface area contributed by atoms with Crippen molar-refractivity contribution in [3.8, 4) is 0 Å². The highest BCUT2D eigenvalue weighted by molar-refractivity contribution is 7.80. The van der Waals surface area contributed by atoms with Gasteiger partial charge in [0.05, 0.1) is 0 Å². The van der Waals surface area contributed by atoms with Crippen molar-refractivity contribution in [1.82, 2.24) is 0 Å². The van der Waals surface area contributed by atoms with E-state index in [4.69, 9.17) is 0 Å². The van der Waals surface area contributed by atoms with Crippen molar-refractivity contribution in [2.24, 2.45) is 0 Å². The Kier molecular flexibility index (Phi) is 2.03. The van der Waals surface area contributed by atoms with Gasteiger partial charge in [-0.1, -0.05) is 18.2 Å². The molecule has 0 unspecified atom stereocenters. The van der Waals surface area contributed by atoms with Crippen LogP contribution in [0.3, 0.4) is 0 Å². The van der Waals surface area contributed by atoms with Crippen molar-refractivity contribution >= 4 is 36.0 Å². The first-order valence-corrected chi connectivity index (χ1v) is 4.57. The molecule has 0 aliphatic rings. The maximum Gasteiger partial charge on any atom is 0.0119 e. The van der Waals surface area contributed by atoms with E-state index < -0.39 is 0 Å². The molecule has 60 valence electrons. The molecule has 0 radical (unpaired) electrons. The van der Waals surface area contributed by atoms with Gasteiger partial charge < -0.3 is 0 Å². The maximum atomic E-state index is 4.36. The summed E-state index contributed by atoms with van der Waals surface area (Å²) < 4.78 is 0. The van der Waals surface area contributed by atoms with Crippen LogP contribution in [0.2, 0.25) is 0 Å². The van der Waals surface area contributed by atoms with Crippen molar-refractivity contribution in [1.29, 1.82) is 0 Å². The summed E-state index contributed by atoms with van der Waals surface area (Å²) >= 11 is 8.64. The lowest BCUT2D eigenvalue weighted by molar-refractivity contribution is 1.47. The average Bonchev–Trinajstić information content (AvgIpc) is 2.07. The quantitative estimate of drug-likeness (QED) is 0.587. The minimum Gasteiger partial charge on any atom is -0.143 e. The molecule has 2 aromatic carbocycles. The van der Waals surface area contributed by atoms with Gasteiger partial charge in [-0.25, -0.2) is 0 Å². The molecule has 0 N–H and O–H groups in total. The Bertz CT molecular complexity index is 421. The van der Waals surface area contributed by atoms with Gasteiger partial charge in [0.15, 0.2) is 0 Å². The molecule has 0 amide bonds. The highest BCUT2D eigenvalue weighted by Gasteiger charge is 1.96. The van der Waals surface area contributed by atoms with E-state index in [-0.39, 0.29) is 0 Å². The molecule has 0 aliphatic carbocycles. The highest BCUT2D eigenvalue weighted by Crippen LogP contribution is 2.23. The van der Waals surface area contributed by atoms with Crippen LogP contribution in [0.25, 0.3) is 10.8 Å². The second-order valence-electron chi connectivity index (χ2n) is 2.68. The van der Waals surface area contributed by atoms with Gasteiger partial charge >= 0.3 is 0 Å². The molecule has 2 rings (SSSR count). The summed E-state index contributed by atoms with van der Waals surface area (Å²) in [5.74, 6) is 0. The van der Waals surface area contributed by atoms with Crippen LogP contribution in [0.1, 0.15) is 0 Å². The molecule has 0 saturated carbocycles. The van der Waals surface area contributed by atoms with Gasteiger partial charge in [-0.15, -0.1) is 25.3 Å². The first kappa shape index (κ1) is 8.02. The molecule has 0 atom stereocenters. The van der Waals surface area contributed by atoms with Crippen LogP contribution in [0.5, 0.6) is 0 Å². The third kappa shape index (κ3) is 1.32. The van der Waals surface area contributed by atoms with Gasteiger partial charge in [-0.3, -0.25) is 0 Å². The highest BCUT2D eigenvalue weighted by atomic mass is 32.1. The van der Waals surface area contributed by atoms with Gasteiger partial charge in [0.1, 0.15) is 0 Å². The summed E-state index contributed by atoms with van der Waals surface area (Å²) in [6.07, 6.45) is 0. The van der Waals surface area contributed by atoms with Crippen LogP contribution >= 0.6 is 25.3 Å². The predicted octanol–water partition coefficient (Wildman–Crippen LogP) is 3.42. The van der Waals surface area contributed by atoms with Crippen LogP contribution in [0.4, 0.5) is 0 Å². The topological polar surface area (TPSA) is 0 Å². The number of rotatable bonds is 0. The van der Waals surface area contributed by atoms with E-state index in [0.717, 1.165) is 15.2 Å². The Morgan fingerprint density at radius 2 is 1.75 bits per heavy atom. The molecule has 0 bridgehead atoms. The van der Waals surface area contributed by atoms with Crippen molar-refractivity contribution in [3.05, 3.63) is 36.4 Å². The first-order chi connectivity index (χ1) is 5.77. The van der Waals surface area contributed by atoms with Crippen LogP contribution in [-0.2, 0) is 0 Å². The molecule has 12 heavy (non-hydrogen) atoms. The second-order valence-corrected chi connectivity index (χ2v) is 3.68. The lowest BCUT2D eigenvalue weighted by Gasteiger charge is -2.00. The summed E-state index contributed by atoms with van der Waals surface area (Å²) in [7, 11) is 0. The molecule has 0 nitrogen and oxygen atoms in total. The van der Waals surface area contributed by atoms with Gasteiger partial charge in [-0.2, -0.15) is 0 Å². The SMILES string of the molecule is Sc1ccc2cccc(S)c2c1. The first-order valence-electron chi connectivity index (χ1n) is 3.68. The Labute approximate surface area is 82.4 Å². The summed E-state index contributed by atoms with van der Waals surface area (Å²) in [6.45, 7) is 0. The fourth-order valence-corrected chi connectivity index (χ4v) is 1.73. The number of thiol groups is 2. The summed E-state index contributed by atoms with van der Waals surface area (Å²) in [6, 6.07) is 12.1. The fourth-order valence-electron chi connectivity index (χ4n) is 1.24. The van der Waals surface area contributed by atoms with Gasteiger partial charge in [0, 0.05) is 9.79 Å². The molecule has 0 aromatic heterocycles. The zero-order valence-electron chi connectivity index (χ0n) is 6.36. The normalized spacial score (nSPS) is 10.5. The lowest BCUT2D eigenvalue weighted by Crippen LogP contribution is -1.74. The molecule has 0 aliphatic heterocycles. The predicted molar refractivity (Wildman–Crippen MR) is 58.5 cm³/mol. The Balaban J connectivity index is 2.88. The van der Waals surface area contributed by atoms with E-state index in [1.807, 2.05) is 24.3 Å². The fraction of sp³-hybridized carbons (Fsp3) is 0. The van der Waals surface area contributed by atoms with Crippen molar-refractivity contribution in [3.63, 3.8) is 0 Å². The minimum absolute atomic E-state index is 0.976. The number of fused-ring (bicyclic) bond motifs is 1. The monoisotopic (exact) mass is 192 g/mol. The Morgan fingerprint density at radius 3 is 2.58 bits per heavy atom. The Morgan fingerprint density at radius 1 is 0.917 bits per heavy atom. The Hall–Kier alpha value is -0.600. The van der Waals surface area contributed by atoms with Crippen molar-refractivity contribution in [2.45, 2.75) is 9.79 Å². The van der Waals surface area contributed by atoms with E-state index in [1.165, 1.54) is 5.39 Å². The number of benzene rings is 2. The van der Waals surface area contributed by atoms with Gasteiger partial charge in [0.2, 0.25) is 0 Å². The van der Waals surface area contributed by atoms with E-state index >= 15 is 0 Å². The van der Waals surface area contributed by atoms with Crippen LogP contribution in [0.15, 0.2) is 46.2 Å². The minimum atomic E-state index is 0.976. The lowest BCUT2D eigenvalue weighted by atomic mass is 10.1. The standard InChI is InChI=1S/C10H8S2/c11-8-5-4-7-2-1-3-10(12)9(7)6-8/h1-6,11-12H. The molecule has 2 aromatic rings. The van der Waals surface area contributed by atoms with Gasteiger partial charge in [-0.05, 0) is 29.0 Å². The van der Waals surface area contributed by atoms with Gasteiger partial charge in [0.25, 0.3) is 0 Å². The molecule has 0 heterocycles. The molecule has 0 spiro atoms. The molecule has 2 heteroatoms.